The van der Waals surface area contributed by atoms with E-state index in [0.717, 1.165) is 37.1 Å². The van der Waals surface area contributed by atoms with Crippen LogP contribution in [0.1, 0.15) is 29.9 Å². The molecule has 2 aromatic rings. The number of hydrogen-bond donors (Lipinski definition) is 2. The quantitative estimate of drug-likeness (QED) is 0.491. The predicted molar refractivity (Wildman–Crippen MR) is 104 cm³/mol. The maximum absolute atomic E-state index is 13.6. The van der Waals surface area contributed by atoms with Crippen molar-refractivity contribution >= 4 is 15.8 Å². The molecule has 31 heavy (non-hydrogen) atoms. The summed E-state index contributed by atoms with van der Waals surface area (Å²) in [6.45, 7) is 0. The fourth-order valence-corrected chi connectivity index (χ4v) is 4.29. The maximum Gasteiger partial charge on any atom is 0.418 e. The van der Waals surface area contributed by atoms with Crippen LogP contribution in [0.25, 0.3) is 11.3 Å². The summed E-state index contributed by atoms with van der Waals surface area (Å²) in [5.41, 5.74) is -0.496. The number of dihydropyridines is 1. The highest BCUT2D eigenvalue weighted by atomic mass is 32.2. The summed E-state index contributed by atoms with van der Waals surface area (Å²) in [5, 5.41) is 0.718. The van der Waals surface area contributed by atoms with Gasteiger partial charge in [-0.05, 0) is 42.5 Å². The molecule has 0 radical (unpaired) electrons. The number of aromatic nitrogens is 1. The van der Waals surface area contributed by atoms with Gasteiger partial charge >= 0.3 is 12.2 Å². The zero-order chi connectivity index (χ0) is 22.4. The maximum atomic E-state index is 13.6. The summed E-state index contributed by atoms with van der Waals surface area (Å²) in [6, 6.07) is 4.50. The van der Waals surface area contributed by atoms with Crippen LogP contribution in [-0.4, -0.2) is 19.4 Å². The van der Waals surface area contributed by atoms with Gasteiger partial charge in [-0.2, -0.15) is 30.4 Å². The van der Waals surface area contributed by atoms with Crippen molar-refractivity contribution in [2.75, 3.05) is 4.72 Å². The van der Waals surface area contributed by atoms with Gasteiger partial charge in [0.1, 0.15) is 5.82 Å². The average Bonchev–Trinajstić information content (AvgIpc) is 3.51. The summed E-state index contributed by atoms with van der Waals surface area (Å²) < 4.78 is 94.8. The van der Waals surface area contributed by atoms with E-state index < -0.39 is 44.4 Å². The van der Waals surface area contributed by atoms with Gasteiger partial charge < -0.3 is 5.32 Å². The fraction of sp³-hybridized carbons (Fsp3) is 0.250. The van der Waals surface area contributed by atoms with Gasteiger partial charge in [0.15, 0.2) is 5.03 Å². The lowest BCUT2D eigenvalue weighted by molar-refractivity contribution is -0.137. The van der Waals surface area contributed by atoms with Gasteiger partial charge in [0.05, 0.1) is 11.3 Å². The first kappa shape index (κ1) is 21.3. The zero-order valence-corrected chi connectivity index (χ0v) is 16.6. The number of nitrogens with zero attached hydrogens (tertiary/aromatic N) is 1. The Labute approximate surface area is 174 Å². The molecule has 0 atom stereocenters. The largest absolute Gasteiger partial charge is 0.418 e. The molecule has 11 heteroatoms. The second kappa shape index (κ2) is 7.33. The molecule has 2 heterocycles. The van der Waals surface area contributed by atoms with Crippen LogP contribution in [0.2, 0.25) is 0 Å². The molecular weight excluding hydrogens is 441 g/mol. The van der Waals surface area contributed by atoms with Gasteiger partial charge in [-0.1, -0.05) is 30.3 Å². The average molecular weight is 457 g/mol. The standard InChI is InChI=1S/C20H16F5N3O2S/c21-19(22)11-3-6-17(27-19)31(29,30)28-16-10-9-15(20(23,24)25)18(26-16)14-5-2-1-4-13(14)12-7-8-12/h1-6,9-12,27H,7-8H2,(H,26,28). The first-order valence-corrected chi connectivity index (χ1v) is 10.7. The Bertz CT molecular complexity index is 1190. The van der Waals surface area contributed by atoms with Crippen molar-refractivity contribution in [3.63, 3.8) is 0 Å². The molecule has 2 N–H and O–H groups in total. The minimum absolute atomic E-state index is 0.116. The van der Waals surface area contributed by atoms with Crippen LogP contribution in [0.15, 0.2) is 59.7 Å². The molecule has 1 fully saturated rings. The van der Waals surface area contributed by atoms with Crippen LogP contribution in [0.4, 0.5) is 27.8 Å². The second-order valence-electron chi connectivity index (χ2n) is 7.20. The third-order valence-electron chi connectivity index (χ3n) is 4.81. The zero-order valence-electron chi connectivity index (χ0n) is 15.7. The highest BCUT2D eigenvalue weighted by Gasteiger charge is 2.37. The molecule has 5 nitrogen and oxygen atoms in total. The Morgan fingerprint density at radius 2 is 1.81 bits per heavy atom. The van der Waals surface area contributed by atoms with Crippen molar-refractivity contribution in [2.24, 2.45) is 0 Å². The van der Waals surface area contributed by atoms with E-state index in [1.165, 1.54) is 6.07 Å². The Balaban J connectivity index is 1.76. The number of rotatable bonds is 5. The number of alkyl halides is 5. The van der Waals surface area contributed by atoms with Crippen molar-refractivity contribution in [2.45, 2.75) is 31.0 Å². The number of nitrogens with one attached hydrogen (secondary N) is 2. The lowest BCUT2D eigenvalue weighted by Gasteiger charge is -2.21. The van der Waals surface area contributed by atoms with Gasteiger partial charge in [0.2, 0.25) is 0 Å². The van der Waals surface area contributed by atoms with E-state index in [-0.39, 0.29) is 11.5 Å². The molecule has 1 aromatic heterocycles. The van der Waals surface area contributed by atoms with E-state index in [4.69, 9.17) is 0 Å². The van der Waals surface area contributed by atoms with Crippen LogP contribution >= 0.6 is 0 Å². The lowest BCUT2D eigenvalue weighted by Crippen LogP contribution is -2.39. The topological polar surface area (TPSA) is 71.1 Å². The summed E-state index contributed by atoms with van der Waals surface area (Å²) in [6.07, 6.45) is -0.805. The first-order valence-electron chi connectivity index (χ1n) is 9.22. The van der Waals surface area contributed by atoms with E-state index in [2.05, 4.69) is 4.98 Å². The van der Waals surface area contributed by atoms with E-state index in [1.54, 1.807) is 23.5 Å². The molecule has 0 spiro atoms. The van der Waals surface area contributed by atoms with Gasteiger partial charge in [0.25, 0.3) is 10.0 Å². The minimum atomic E-state index is -4.73. The molecule has 0 unspecified atom stereocenters. The monoisotopic (exact) mass is 457 g/mol. The molecule has 0 bridgehead atoms. The molecule has 164 valence electrons. The molecule has 2 aliphatic rings. The summed E-state index contributed by atoms with van der Waals surface area (Å²) in [5.74, 6) is -0.306. The Hall–Kier alpha value is -2.95. The van der Waals surface area contributed by atoms with Crippen LogP contribution < -0.4 is 10.0 Å². The number of halogens is 5. The van der Waals surface area contributed by atoms with E-state index in [9.17, 15) is 30.4 Å². The number of hydrogen-bond acceptors (Lipinski definition) is 4. The van der Waals surface area contributed by atoms with Gasteiger partial charge in [-0.3, -0.25) is 4.72 Å². The van der Waals surface area contributed by atoms with Crippen LogP contribution in [0, 0.1) is 0 Å². The fourth-order valence-electron chi connectivity index (χ4n) is 3.27. The predicted octanol–water partition coefficient (Wildman–Crippen LogP) is 4.98. The second-order valence-corrected chi connectivity index (χ2v) is 8.85. The number of sulfonamides is 1. The lowest BCUT2D eigenvalue weighted by atomic mass is 9.97. The summed E-state index contributed by atoms with van der Waals surface area (Å²) in [4.78, 5) is 3.93. The van der Waals surface area contributed by atoms with Crippen LogP contribution in [0.3, 0.4) is 0 Å². The number of pyridine rings is 1. The number of benzene rings is 1. The van der Waals surface area contributed by atoms with Crippen LogP contribution in [-0.2, 0) is 16.2 Å². The highest BCUT2D eigenvalue weighted by molar-refractivity contribution is 7.96. The molecule has 4 rings (SSSR count). The normalized spacial score (nSPS) is 18.3. The van der Waals surface area contributed by atoms with Gasteiger partial charge in [-0.25, -0.2) is 4.98 Å². The van der Waals surface area contributed by atoms with Crippen molar-refractivity contribution in [3.8, 4) is 11.3 Å². The minimum Gasteiger partial charge on any atom is -0.312 e. The summed E-state index contributed by atoms with van der Waals surface area (Å²) >= 11 is 0. The third kappa shape index (κ3) is 4.55. The SMILES string of the molecule is O=S(=O)(Nc1ccc(C(F)(F)F)c(-c2ccccc2C2CC2)n1)C1=CC=CC(F)(F)N1. The van der Waals surface area contributed by atoms with Gasteiger partial charge in [0, 0.05) is 11.6 Å². The molecule has 1 aliphatic carbocycles. The third-order valence-corrected chi connectivity index (χ3v) is 6.10. The molecule has 0 saturated heterocycles. The van der Waals surface area contributed by atoms with E-state index in [1.807, 2.05) is 4.72 Å². The van der Waals surface area contributed by atoms with Crippen molar-refractivity contribution in [1.29, 1.82) is 0 Å². The number of anilines is 1. The molecule has 1 aliphatic heterocycles. The Morgan fingerprint density at radius 3 is 2.45 bits per heavy atom. The van der Waals surface area contributed by atoms with Crippen molar-refractivity contribution in [3.05, 3.63) is 70.8 Å². The van der Waals surface area contributed by atoms with E-state index >= 15 is 0 Å². The Morgan fingerprint density at radius 1 is 1.10 bits per heavy atom. The number of allylic oxidation sites excluding steroid dienone is 2. The first-order chi connectivity index (χ1) is 14.5. The van der Waals surface area contributed by atoms with Crippen LogP contribution in [0.5, 0.6) is 0 Å². The molecule has 0 amide bonds. The smallest absolute Gasteiger partial charge is 0.312 e. The summed E-state index contributed by atoms with van der Waals surface area (Å²) in [7, 11) is -4.54. The Kier molecular flexibility index (Phi) is 5.03. The van der Waals surface area contributed by atoms with Crippen molar-refractivity contribution in [1.82, 2.24) is 10.3 Å². The molecule has 1 saturated carbocycles. The van der Waals surface area contributed by atoms with E-state index in [0.29, 0.717) is 11.6 Å². The van der Waals surface area contributed by atoms with Gasteiger partial charge in [-0.15, -0.1) is 0 Å². The molecule has 1 aromatic carbocycles. The highest BCUT2D eigenvalue weighted by Crippen LogP contribution is 2.46. The van der Waals surface area contributed by atoms with Crippen molar-refractivity contribution < 1.29 is 30.4 Å². The molecular formula is C20H16F5N3O2S.